The fourth-order valence-corrected chi connectivity index (χ4v) is 1.54. The maximum atomic E-state index is 13.1. The van der Waals surface area contributed by atoms with Crippen LogP contribution >= 0.6 is 0 Å². The number of unbranched alkanes of at least 4 members (excludes halogenated alkanes) is 3. The molecule has 0 heterocycles. The van der Waals surface area contributed by atoms with Gasteiger partial charge in [-0.3, -0.25) is 0 Å². The highest BCUT2D eigenvalue weighted by Crippen LogP contribution is 2.13. The lowest BCUT2D eigenvalue weighted by Crippen LogP contribution is -2.02. The minimum absolute atomic E-state index is 0.357. The summed E-state index contributed by atoms with van der Waals surface area (Å²) < 4.78 is 13.1. The minimum Gasteiger partial charge on any atom is -0.385 e. The first-order valence-electron chi connectivity index (χ1n) is 5.71. The maximum Gasteiger partial charge on any atom is 0.126 e. The quantitative estimate of drug-likeness (QED) is 0.742. The minimum atomic E-state index is -0.366. The average Bonchev–Trinajstić information content (AvgIpc) is 2.28. The Morgan fingerprint density at radius 3 is 2.75 bits per heavy atom. The first-order valence-corrected chi connectivity index (χ1v) is 5.71. The van der Waals surface area contributed by atoms with Gasteiger partial charge in [0.1, 0.15) is 5.82 Å². The summed E-state index contributed by atoms with van der Waals surface area (Å²) in [5.74, 6) is -0.366. The highest BCUT2D eigenvalue weighted by atomic mass is 19.1. The molecule has 0 amide bonds. The van der Waals surface area contributed by atoms with Gasteiger partial charge in [0.2, 0.25) is 0 Å². The van der Waals surface area contributed by atoms with Gasteiger partial charge in [-0.1, -0.05) is 26.2 Å². The summed E-state index contributed by atoms with van der Waals surface area (Å²) in [7, 11) is 0. The molecule has 0 saturated heterocycles. The Balaban J connectivity index is 2.42. The fourth-order valence-electron chi connectivity index (χ4n) is 1.54. The molecule has 0 spiro atoms. The summed E-state index contributed by atoms with van der Waals surface area (Å²) >= 11 is 0. The van der Waals surface area contributed by atoms with E-state index in [0.717, 1.165) is 13.0 Å². The molecule has 0 bridgehead atoms. The largest absolute Gasteiger partial charge is 0.385 e. The van der Waals surface area contributed by atoms with E-state index < -0.39 is 0 Å². The van der Waals surface area contributed by atoms with Crippen molar-refractivity contribution in [2.45, 2.75) is 32.6 Å². The van der Waals surface area contributed by atoms with Crippen LogP contribution in [-0.4, -0.2) is 6.54 Å². The molecule has 2 nitrogen and oxygen atoms in total. The molecule has 0 aliphatic rings. The van der Waals surface area contributed by atoms with Crippen molar-refractivity contribution in [3.63, 3.8) is 0 Å². The molecule has 1 aromatic rings. The van der Waals surface area contributed by atoms with Crippen LogP contribution in [0.1, 0.15) is 38.2 Å². The van der Waals surface area contributed by atoms with Gasteiger partial charge in [-0.15, -0.1) is 0 Å². The monoisotopic (exact) mass is 220 g/mol. The van der Waals surface area contributed by atoms with E-state index in [2.05, 4.69) is 12.2 Å². The number of benzene rings is 1. The van der Waals surface area contributed by atoms with E-state index in [1.807, 2.05) is 6.07 Å². The van der Waals surface area contributed by atoms with Gasteiger partial charge in [0.05, 0.1) is 11.6 Å². The van der Waals surface area contributed by atoms with E-state index in [0.29, 0.717) is 11.3 Å². The molecule has 16 heavy (non-hydrogen) atoms. The van der Waals surface area contributed by atoms with Crippen LogP contribution in [0.2, 0.25) is 0 Å². The second-order valence-corrected chi connectivity index (χ2v) is 3.83. The van der Waals surface area contributed by atoms with Crippen LogP contribution in [0, 0.1) is 17.1 Å². The van der Waals surface area contributed by atoms with Crippen LogP contribution in [0.5, 0.6) is 0 Å². The number of nitriles is 1. The van der Waals surface area contributed by atoms with Gasteiger partial charge in [0.25, 0.3) is 0 Å². The number of anilines is 1. The van der Waals surface area contributed by atoms with Crippen LogP contribution in [0.3, 0.4) is 0 Å². The molecule has 86 valence electrons. The van der Waals surface area contributed by atoms with E-state index in [1.165, 1.54) is 31.4 Å². The lowest BCUT2D eigenvalue weighted by Gasteiger charge is -2.06. The summed E-state index contributed by atoms with van der Waals surface area (Å²) in [5.41, 5.74) is 1.05. The molecule has 0 saturated carbocycles. The third kappa shape index (κ3) is 4.31. The highest BCUT2D eigenvalue weighted by molar-refractivity contribution is 5.49. The Hall–Kier alpha value is -1.56. The van der Waals surface area contributed by atoms with Crippen LogP contribution < -0.4 is 5.32 Å². The summed E-state index contributed by atoms with van der Waals surface area (Å²) in [6.45, 7) is 2.99. The van der Waals surface area contributed by atoms with E-state index in [9.17, 15) is 4.39 Å². The molecule has 0 radical (unpaired) electrons. The summed E-state index contributed by atoms with van der Waals surface area (Å²) in [4.78, 5) is 0. The summed E-state index contributed by atoms with van der Waals surface area (Å²) in [5, 5.41) is 11.8. The number of hydrogen-bond acceptors (Lipinski definition) is 2. The van der Waals surface area contributed by atoms with Crippen molar-refractivity contribution in [2.24, 2.45) is 0 Å². The molecule has 1 rings (SSSR count). The topological polar surface area (TPSA) is 35.8 Å². The molecule has 0 aliphatic carbocycles. The van der Waals surface area contributed by atoms with Crippen LogP contribution in [-0.2, 0) is 0 Å². The zero-order valence-electron chi connectivity index (χ0n) is 9.59. The predicted octanol–water partition coefficient (Wildman–Crippen LogP) is 3.69. The van der Waals surface area contributed by atoms with Gasteiger partial charge in [-0.25, -0.2) is 4.39 Å². The van der Waals surface area contributed by atoms with Gasteiger partial charge in [0, 0.05) is 12.2 Å². The number of hydrogen-bond donors (Lipinski definition) is 1. The first kappa shape index (κ1) is 12.5. The van der Waals surface area contributed by atoms with E-state index in [-0.39, 0.29) is 5.82 Å². The zero-order chi connectivity index (χ0) is 11.8. The Bertz CT molecular complexity index is 369. The second kappa shape index (κ2) is 6.84. The standard InChI is InChI=1S/C13H17FN2/c1-2-3-4-5-6-16-13-8-11(10-15)7-12(14)9-13/h7-9,16H,2-6H2,1H3. The fraction of sp³-hybridized carbons (Fsp3) is 0.462. The highest BCUT2D eigenvalue weighted by Gasteiger charge is 1.99. The lowest BCUT2D eigenvalue weighted by atomic mass is 10.2. The Morgan fingerprint density at radius 2 is 2.06 bits per heavy atom. The van der Waals surface area contributed by atoms with Crippen molar-refractivity contribution >= 4 is 5.69 Å². The normalized spacial score (nSPS) is 9.81. The van der Waals surface area contributed by atoms with Crippen molar-refractivity contribution in [3.8, 4) is 6.07 Å². The Kier molecular flexibility index (Phi) is 5.35. The number of rotatable bonds is 6. The molecule has 1 aromatic carbocycles. The SMILES string of the molecule is CCCCCCNc1cc(F)cc(C#N)c1. The second-order valence-electron chi connectivity index (χ2n) is 3.83. The van der Waals surface area contributed by atoms with Crippen LogP contribution in [0.4, 0.5) is 10.1 Å². The number of nitrogens with one attached hydrogen (secondary N) is 1. The maximum absolute atomic E-state index is 13.1. The number of nitrogens with zero attached hydrogens (tertiary/aromatic N) is 1. The molecule has 0 fully saturated rings. The molecule has 3 heteroatoms. The molecule has 1 N–H and O–H groups in total. The van der Waals surface area contributed by atoms with E-state index in [4.69, 9.17) is 5.26 Å². The van der Waals surface area contributed by atoms with Gasteiger partial charge >= 0.3 is 0 Å². The molecule has 0 aliphatic heterocycles. The third-order valence-electron chi connectivity index (χ3n) is 2.39. The van der Waals surface area contributed by atoms with Crippen molar-refractivity contribution in [3.05, 3.63) is 29.6 Å². The molecule has 0 aromatic heterocycles. The van der Waals surface area contributed by atoms with E-state index in [1.54, 1.807) is 6.07 Å². The smallest absolute Gasteiger partial charge is 0.126 e. The van der Waals surface area contributed by atoms with Gasteiger partial charge in [0.15, 0.2) is 0 Å². The lowest BCUT2D eigenvalue weighted by molar-refractivity contribution is 0.627. The third-order valence-corrected chi connectivity index (χ3v) is 2.39. The summed E-state index contributed by atoms with van der Waals surface area (Å²) in [6.07, 6.45) is 4.70. The Morgan fingerprint density at radius 1 is 1.25 bits per heavy atom. The van der Waals surface area contributed by atoms with Crippen molar-refractivity contribution in [1.82, 2.24) is 0 Å². The van der Waals surface area contributed by atoms with Gasteiger partial charge < -0.3 is 5.32 Å². The van der Waals surface area contributed by atoms with Crippen molar-refractivity contribution in [2.75, 3.05) is 11.9 Å². The average molecular weight is 220 g/mol. The molecule has 0 atom stereocenters. The number of halogens is 1. The van der Waals surface area contributed by atoms with Gasteiger partial charge in [-0.2, -0.15) is 5.26 Å². The summed E-state index contributed by atoms with van der Waals surface area (Å²) in [6, 6.07) is 6.26. The van der Waals surface area contributed by atoms with Crippen LogP contribution in [0.15, 0.2) is 18.2 Å². The van der Waals surface area contributed by atoms with Gasteiger partial charge in [-0.05, 0) is 24.6 Å². The molecular weight excluding hydrogens is 203 g/mol. The molecular formula is C13H17FN2. The Labute approximate surface area is 96.1 Å². The zero-order valence-corrected chi connectivity index (χ0v) is 9.59. The predicted molar refractivity (Wildman–Crippen MR) is 63.7 cm³/mol. The van der Waals surface area contributed by atoms with E-state index >= 15 is 0 Å². The first-order chi connectivity index (χ1) is 7.76. The molecule has 0 unspecified atom stereocenters. The van der Waals surface area contributed by atoms with Crippen molar-refractivity contribution in [1.29, 1.82) is 5.26 Å². The van der Waals surface area contributed by atoms with Crippen molar-refractivity contribution < 1.29 is 4.39 Å². The van der Waals surface area contributed by atoms with Crippen LogP contribution in [0.25, 0.3) is 0 Å².